The van der Waals surface area contributed by atoms with Gasteiger partial charge < -0.3 is 9.64 Å². The van der Waals surface area contributed by atoms with Crippen LogP contribution in [0.4, 0.5) is 5.13 Å². The number of hydrogen-bond acceptors (Lipinski definition) is 5. The Labute approximate surface area is 148 Å². The van der Waals surface area contributed by atoms with Crippen LogP contribution in [0.25, 0.3) is 11.3 Å². The van der Waals surface area contributed by atoms with Gasteiger partial charge in [0.1, 0.15) is 0 Å². The second-order valence-electron chi connectivity index (χ2n) is 4.90. The van der Waals surface area contributed by atoms with Crippen molar-refractivity contribution < 1.29 is 9.53 Å². The van der Waals surface area contributed by atoms with Crippen molar-refractivity contribution in [3.05, 3.63) is 34.7 Å². The van der Waals surface area contributed by atoms with Gasteiger partial charge in [0.2, 0.25) is 0 Å². The van der Waals surface area contributed by atoms with E-state index < -0.39 is 0 Å². The average molecular weight is 368 g/mol. The van der Waals surface area contributed by atoms with Gasteiger partial charge in [-0.3, -0.25) is 10.1 Å². The van der Waals surface area contributed by atoms with Gasteiger partial charge in [-0.15, -0.1) is 11.3 Å². The molecule has 1 aliphatic heterocycles. The number of nitrogens with one attached hydrogen (secondary N) is 1. The van der Waals surface area contributed by atoms with Crippen LogP contribution in [0.3, 0.4) is 0 Å². The van der Waals surface area contributed by atoms with Crippen molar-refractivity contribution in [2.24, 2.45) is 0 Å². The number of anilines is 1. The van der Waals surface area contributed by atoms with Crippen LogP contribution in [0.2, 0.25) is 5.02 Å². The van der Waals surface area contributed by atoms with Crippen molar-refractivity contribution in [3.63, 3.8) is 0 Å². The van der Waals surface area contributed by atoms with E-state index >= 15 is 0 Å². The number of thiocarbonyl (C=S) groups is 1. The Hall–Kier alpha value is -1.54. The Balaban J connectivity index is 1.65. The van der Waals surface area contributed by atoms with Gasteiger partial charge in [-0.1, -0.05) is 36.0 Å². The first kappa shape index (κ1) is 16.3. The molecular formula is C15H14ClN3O2S2. The number of ether oxygens (including phenoxy) is 1. The Morgan fingerprint density at radius 3 is 2.70 bits per heavy atom. The Morgan fingerprint density at radius 2 is 2.00 bits per heavy atom. The maximum Gasteiger partial charge on any atom is 0.285 e. The van der Waals surface area contributed by atoms with E-state index in [1.165, 1.54) is 11.3 Å². The number of carbonyl (C=O) groups excluding carboxylic acids is 1. The fourth-order valence-electron chi connectivity index (χ4n) is 2.15. The Kier molecular flexibility index (Phi) is 5.22. The molecule has 3 rings (SSSR count). The number of morpholine rings is 1. The van der Waals surface area contributed by atoms with E-state index in [-0.39, 0.29) is 10.9 Å². The highest BCUT2D eigenvalue weighted by Crippen LogP contribution is 2.26. The summed E-state index contributed by atoms with van der Waals surface area (Å²) in [6.07, 6.45) is 0. The van der Waals surface area contributed by atoms with Gasteiger partial charge in [0.15, 0.2) is 10.1 Å². The zero-order valence-electron chi connectivity index (χ0n) is 12.1. The van der Waals surface area contributed by atoms with Crippen LogP contribution < -0.4 is 5.32 Å². The molecular weight excluding hydrogens is 354 g/mol. The van der Waals surface area contributed by atoms with E-state index in [9.17, 15) is 4.79 Å². The highest BCUT2D eigenvalue weighted by molar-refractivity contribution is 7.82. The lowest BCUT2D eigenvalue weighted by Crippen LogP contribution is -2.44. The molecule has 2 heterocycles. The van der Waals surface area contributed by atoms with Crippen LogP contribution in [0.15, 0.2) is 29.6 Å². The van der Waals surface area contributed by atoms with Crippen LogP contribution in [0.1, 0.15) is 0 Å². The SMILES string of the molecule is O=C(Nc1nc(-c2ccc(Cl)cc2)cs1)C(=S)N1CCOCC1. The number of thiazole rings is 1. The van der Waals surface area contributed by atoms with Gasteiger partial charge in [0.05, 0.1) is 18.9 Å². The fourth-order valence-corrected chi connectivity index (χ4v) is 3.22. The first-order valence-corrected chi connectivity index (χ1v) is 8.69. The maximum absolute atomic E-state index is 12.2. The van der Waals surface area contributed by atoms with Gasteiger partial charge in [0.25, 0.3) is 5.91 Å². The standard InChI is InChI=1S/C15H14ClN3O2S2/c16-11-3-1-10(2-4-11)12-9-23-15(17-12)18-13(20)14(22)19-5-7-21-8-6-19/h1-4,9H,5-8H2,(H,17,18,20). The molecule has 1 saturated heterocycles. The molecule has 0 radical (unpaired) electrons. The molecule has 23 heavy (non-hydrogen) atoms. The minimum atomic E-state index is -0.307. The smallest absolute Gasteiger partial charge is 0.285 e. The van der Waals surface area contributed by atoms with Gasteiger partial charge in [-0.25, -0.2) is 4.98 Å². The molecule has 1 N–H and O–H groups in total. The second-order valence-corrected chi connectivity index (χ2v) is 6.58. The molecule has 0 atom stereocenters. The summed E-state index contributed by atoms with van der Waals surface area (Å²) in [4.78, 5) is 18.8. The molecule has 0 unspecified atom stereocenters. The molecule has 1 aliphatic rings. The van der Waals surface area contributed by atoms with E-state index in [1.807, 2.05) is 34.5 Å². The molecule has 1 aromatic carbocycles. The van der Waals surface area contributed by atoms with Crippen molar-refractivity contribution in [1.29, 1.82) is 0 Å². The van der Waals surface area contributed by atoms with E-state index in [2.05, 4.69) is 10.3 Å². The van der Waals surface area contributed by atoms with E-state index in [1.54, 1.807) is 0 Å². The zero-order valence-corrected chi connectivity index (χ0v) is 14.5. The molecule has 120 valence electrons. The third-order valence-electron chi connectivity index (χ3n) is 3.36. The van der Waals surface area contributed by atoms with Crippen LogP contribution in [0, 0.1) is 0 Å². The normalized spacial score (nSPS) is 14.6. The number of nitrogens with zero attached hydrogens (tertiary/aromatic N) is 2. The van der Waals surface area contributed by atoms with Crippen molar-refractivity contribution in [2.45, 2.75) is 0 Å². The van der Waals surface area contributed by atoms with Gasteiger partial charge in [0, 0.05) is 29.1 Å². The monoisotopic (exact) mass is 367 g/mol. The molecule has 0 spiro atoms. The molecule has 1 fully saturated rings. The highest BCUT2D eigenvalue weighted by Gasteiger charge is 2.20. The fraction of sp³-hybridized carbons (Fsp3) is 0.267. The van der Waals surface area contributed by atoms with Crippen LogP contribution in [-0.2, 0) is 9.53 Å². The third-order valence-corrected chi connectivity index (χ3v) is 4.81. The minimum Gasteiger partial charge on any atom is -0.378 e. The summed E-state index contributed by atoms with van der Waals surface area (Å²) < 4.78 is 5.26. The lowest BCUT2D eigenvalue weighted by atomic mass is 10.2. The molecule has 0 saturated carbocycles. The second kappa shape index (κ2) is 7.35. The molecule has 1 aromatic heterocycles. The number of hydrogen-bond donors (Lipinski definition) is 1. The molecule has 8 heteroatoms. The first-order valence-electron chi connectivity index (χ1n) is 7.03. The molecule has 5 nitrogen and oxygen atoms in total. The predicted octanol–water partition coefficient (Wildman–Crippen LogP) is 3.06. The van der Waals surface area contributed by atoms with E-state index in [0.717, 1.165) is 11.3 Å². The summed E-state index contributed by atoms with van der Waals surface area (Å²) in [5, 5.41) is 5.84. The van der Waals surface area contributed by atoms with Crippen molar-refractivity contribution in [3.8, 4) is 11.3 Å². The molecule has 0 aliphatic carbocycles. The number of rotatable bonds is 2. The van der Waals surface area contributed by atoms with Crippen molar-refractivity contribution >= 4 is 51.2 Å². The lowest BCUT2D eigenvalue weighted by Gasteiger charge is -2.28. The van der Waals surface area contributed by atoms with E-state index in [4.69, 9.17) is 28.6 Å². The van der Waals surface area contributed by atoms with Gasteiger partial charge >= 0.3 is 0 Å². The maximum atomic E-state index is 12.2. The number of carbonyl (C=O) groups is 1. The number of benzene rings is 1. The summed E-state index contributed by atoms with van der Waals surface area (Å²) in [5.41, 5.74) is 1.74. The summed E-state index contributed by atoms with van der Waals surface area (Å²) in [5.74, 6) is -0.307. The summed E-state index contributed by atoms with van der Waals surface area (Å²) in [6, 6.07) is 7.40. The highest BCUT2D eigenvalue weighted by atomic mass is 35.5. The van der Waals surface area contributed by atoms with E-state index in [0.29, 0.717) is 36.5 Å². The largest absolute Gasteiger partial charge is 0.378 e. The quantitative estimate of drug-likeness (QED) is 0.827. The Morgan fingerprint density at radius 1 is 1.30 bits per heavy atom. The van der Waals surface area contributed by atoms with Crippen LogP contribution in [0.5, 0.6) is 0 Å². The molecule has 2 aromatic rings. The third kappa shape index (κ3) is 4.06. The van der Waals surface area contributed by atoms with Crippen molar-refractivity contribution in [2.75, 3.05) is 31.6 Å². The van der Waals surface area contributed by atoms with Crippen LogP contribution >= 0.6 is 35.2 Å². The minimum absolute atomic E-state index is 0.275. The summed E-state index contributed by atoms with van der Waals surface area (Å²) >= 11 is 12.5. The number of aromatic nitrogens is 1. The number of amides is 1. The predicted molar refractivity (Wildman–Crippen MR) is 96.2 cm³/mol. The van der Waals surface area contributed by atoms with Crippen LogP contribution in [-0.4, -0.2) is 47.1 Å². The Bertz CT molecular complexity index is 712. The lowest BCUT2D eigenvalue weighted by molar-refractivity contribution is -0.111. The number of halogens is 1. The average Bonchev–Trinajstić information content (AvgIpc) is 3.04. The first-order chi connectivity index (χ1) is 11.1. The van der Waals surface area contributed by atoms with Gasteiger partial charge in [-0.05, 0) is 12.1 Å². The summed E-state index contributed by atoms with van der Waals surface area (Å²) in [6.45, 7) is 2.46. The summed E-state index contributed by atoms with van der Waals surface area (Å²) in [7, 11) is 0. The molecule has 1 amide bonds. The molecule has 0 bridgehead atoms. The zero-order chi connectivity index (χ0) is 16.2. The van der Waals surface area contributed by atoms with Crippen molar-refractivity contribution in [1.82, 2.24) is 9.88 Å². The topological polar surface area (TPSA) is 54.5 Å². The van der Waals surface area contributed by atoms with Gasteiger partial charge in [-0.2, -0.15) is 0 Å².